The summed E-state index contributed by atoms with van der Waals surface area (Å²) < 4.78 is 27.3. The molecule has 0 spiro atoms. The number of hydrogen-bond acceptors (Lipinski definition) is 9. The first kappa shape index (κ1) is 24.8. The van der Waals surface area contributed by atoms with E-state index < -0.39 is 36.4 Å². The number of halogens is 1. The number of anilines is 1. The molecular weight excluding hydrogens is 433 g/mol. The Morgan fingerprint density at radius 3 is 2.67 bits per heavy atom. The van der Waals surface area contributed by atoms with E-state index in [4.69, 9.17) is 21.6 Å². The molecule has 1 fully saturated rings. The summed E-state index contributed by atoms with van der Waals surface area (Å²) in [6.45, 7) is 0.938. The second kappa shape index (κ2) is 10.4. The van der Waals surface area contributed by atoms with Gasteiger partial charge in [0.15, 0.2) is 17.7 Å². The maximum absolute atomic E-state index is 15.5. The van der Waals surface area contributed by atoms with E-state index in [-0.39, 0.29) is 23.4 Å². The Morgan fingerprint density at radius 2 is 2.00 bits per heavy atom. The Morgan fingerprint density at radius 1 is 1.30 bits per heavy atom. The van der Waals surface area contributed by atoms with E-state index in [0.29, 0.717) is 6.42 Å². The molecule has 10 nitrogen and oxygen atoms in total. The van der Waals surface area contributed by atoms with Crippen molar-refractivity contribution >= 4 is 23.0 Å². The van der Waals surface area contributed by atoms with Crippen LogP contribution in [0.25, 0.3) is 11.2 Å². The molecule has 1 aliphatic rings. The maximum Gasteiger partial charge on any atom is 0.306 e. The Balaban J connectivity index is 1.75. The summed E-state index contributed by atoms with van der Waals surface area (Å²) in [5.74, 6) is -1.55. The molecule has 0 bridgehead atoms. The third kappa shape index (κ3) is 4.93. The summed E-state index contributed by atoms with van der Waals surface area (Å²) >= 11 is 0. The summed E-state index contributed by atoms with van der Waals surface area (Å²) in [5, 5.41) is 20.9. The number of hydrogen-bond donors (Lipinski definition) is 3. The first-order valence-corrected chi connectivity index (χ1v) is 11.1. The highest BCUT2D eigenvalue weighted by molar-refractivity contribution is 5.81. The van der Waals surface area contributed by atoms with Gasteiger partial charge in [0.25, 0.3) is 5.85 Å². The SMILES string of the molecule is C#C[C@]1(O)[C@H](n2cnc3c(N)ncnc32)O[C@](F)(CO)[C@H]1OC(=O)CCCCCCCCC. The number of carbonyl (C=O) groups excluding carboxylic acids is 1. The number of nitrogens with zero attached hydrogens (tertiary/aromatic N) is 4. The summed E-state index contributed by atoms with van der Waals surface area (Å²) in [6.07, 6.45) is 11.3. The Bertz CT molecular complexity index is 1010. The number of terminal acetylenes is 1. The molecule has 4 N–H and O–H groups in total. The maximum atomic E-state index is 15.5. The monoisotopic (exact) mass is 463 g/mol. The molecule has 1 saturated heterocycles. The van der Waals surface area contributed by atoms with Gasteiger partial charge in [-0.3, -0.25) is 9.36 Å². The highest BCUT2D eigenvalue weighted by Gasteiger charge is 2.67. The van der Waals surface area contributed by atoms with E-state index in [1.165, 1.54) is 17.3 Å². The zero-order valence-electron chi connectivity index (χ0n) is 18.6. The van der Waals surface area contributed by atoms with Gasteiger partial charge in [0.1, 0.15) is 18.5 Å². The molecule has 0 aromatic carbocycles. The average Bonchev–Trinajstić information content (AvgIpc) is 3.33. The van der Waals surface area contributed by atoms with Crippen LogP contribution in [-0.4, -0.2) is 59.9 Å². The smallest absolute Gasteiger partial charge is 0.306 e. The summed E-state index contributed by atoms with van der Waals surface area (Å²) in [5.41, 5.74) is 3.63. The van der Waals surface area contributed by atoms with Crippen LogP contribution in [0.5, 0.6) is 0 Å². The highest BCUT2D eigenvalue weighted by Crippen LogP contribution is 2.47. The van der Waals surface area contributed by atoms with Crippen LogP contribution in [0.2, 0.25) is 0 Å². The molecule has 2 aromatic rings. The molecule has 11 heteroatoms. The number of rotatable bonds is 11. The number of aliphatic hydroxyl groups excluding tert-OH is 1. The van der Waals surface area contributed by atoms with Crippen LogP contribution in [0, 0.1) is 12.3 Å². The minimum atomic E-state index is -2.95. The fourth-order valence-corrected chi connectivity index (χ4v) is 3.97. The Labute approximate surface area is 191 Å². The molecule has 3 heterocycles. The molecule has 2 aromatic heterocycles. The van der Waals surface area contributed by atoms with Crippen LogP contribution in [0.4, 0.5) is 10.2 Å². The van der Waals surface area contributed by atoms with Gasteiger partial charge in [-0.05, 0) is 6.42 Å². The fraction of sp³-hybridized carbons (Fsp3) is 0.636. The number of aliphatic hydroxyl groups is 2. The fourth-order valence-electron chi connectivity index (χ4n) is 3.97. The van der Waals surface area contributed by atoms with Crippen molar-refractivity contribution in [3.63, 3.8) is 0 Å². The Kier molecular flexibility index (Phi) is 7.84. The van der Waals surface area contributed by atoms with Crippen molar-refractivity contribution in [1.82, 2.24) is 19.5 Å². The predicted molar refractivity (Wildman–Crippen MR) is 117 cm³/mol. The number of aromatic nitrogens is 4. The molecular formula is C22H30FN5O5. The van der Waals surface area contributed by atoms with Crippen LogP contribution >= 0.6 is 0 Å². The second-order valence-corrected chi connectivity index (χ2v) is 8.21. The average molecular weight is 464 g/mol. The van der Waals surface area contributed by atoms with Crippen LogP contribution in [0.3, 0.4) is 0 Å². The number of ether oxygens (including phenoxy) is 2. The molecule has 0 saturated carbocycles. The van der Waals surface area contributed by atoms with E-state index in [9.17, 15) is 15.0 Å². The molecule has 0 amide bonds. The summed E-state index contributed by atoms with van der Waals surface area (Å²) in [6, 6.07) is 0. The van der Waals surface area contributed by atoms with Gasteiger partial charge in [0.05, 0.1) is 6.33 Å². The number of fused-ring (bicyclic) bond motifs is 1. The number of imidazole rings is 1. The number of carbonyl (C=O) groups is 1. The van der Waals surface area contributed by atoms with E-state index in [0.717, 1.165) is 38.4 Å². The third-order valence-corrected chi connectivity index (χ3v) is 5.80. The van der Waals surface area contributed by atoms with Crippen molar-refractivity contribution in [3.8, 4) is 12.3 Å². The lowest BCUT2D eigenvalue weighted by atomic mass is 9.93. The molecule has 0 aliphatic carbocycles. The van der Waals surface area contributed by atoms with Crippen molar-refractivity contribution < 1.29 is 28.9 Å². The van der Waals surface area contributed by atoms with Gasteiger partial charge in [0.2, 0.25) is 11.7 Å². The lowest BCUT2D eigenvalue weighted by Gasteiger charge is -2.29. The van der Waals surface area contributed by atoms with Crippen molar-refractivity contribution in [1.29, 1.82) is 0 Å². The first-order valence-electron chi connectivity index (χ1n) is 11.1. The van der Waals surface area contributed by atoms with Crippen molar-refractivity contribution in [2.45, 2.75) is 82.1 Å². The largest absolute Gasteiger partial charge is 0.452 e. The number of nitrogens with two attached hydrogens (primary N) is 1. The summed E-state index contributed by atoms with van der Waals surface area (Å²) in [7, 11) is 0. The molecule has 4 atom stereocenters. The Hall–Kier alpha value is -2.81. The molecule has 180 valence electrons. The zero-order chi connectivity index (χ0) is 24.1. The number of alkyl halides is 1. The minimum Gasteiger partial charge on any atom is -0.452 e. The molecule has 0 radical (unpaired) electrons. The van der Waals surface area contributed by atoms with Gasteiger partial charge < -0.3 is 25.4 Å². The third-order valence-electron chi connectivity index (χ3n) is 5.80. The van der Waals surface area contributed by atoms with Gasteiger partial charge in [0, 0.05) is 6.42 Å². The van der Waals surface area contributed by atoms with Crippen LogP contribution < -0.4 is 5.73 Å². The number of esters is 1. The van der Waals surface area contributed by atoms with Gasteiger partial charge in [-0.25, -0.2) is 19.3 Å². The topological polar surface area (TPSA) is 146 Å². The van der Waals surface area contributed by atoms with Gasteiger partial charge in [-0.2, -0.15) is 0 Å². The van der Waals surface area contributed by atoms with Crippen LogP contribution in [-0.2, 0) is 14.3 Å². The standard InChI is InChI=1S/C22H30FN5O5/c1-3-5-6-7-8-9-10-11-15(30)32-19-21(31,4-2)20(33-22(19,23)12-29)28-14-27-16-17(24)25-13-26-18(16)28/h2,13-14,19-20,29,31H,3,5-12H2,1H3,(H2,24,25,26)/t19-,20+,21+,22+/m0/s1. The number of unbranched alkanes of at least 4 members (excludes halogenated alkanes) is 6. The highest BCUT2D eigenvalue weighted by atomic mass is 19.2. The van der Waals surface area contributed by atoms with Crippen LogP contribution in [0.15, 0.2) is 12.7 Å². The van der Waals surface area contributed by atoms with Gasteiger partial charge in [-0.15, -0.1) is 6.42 Å². The van der Waals surface area contributed by atoms with E-state index in [1.54, 1.807) is 0 Å². The second-order valence-electron chi connectivity index (χ2n) is 8.21. The quantitative estimate of drug-likeness (QED) is 0.259. The predicted octanol–water partition coefficient (Wildman–Crippen LogP) is 2.01. The van der Waals surface area contributed by atoms with Gasteiger partial charge in [-0.1, -0.05) is 51.4 Å². The molecule has 0 unspecified atom stereocenters. The zero-order valence-corrected chi connectivity index (χ0v) is 18.6. The van der Waals surface area contributed by atoms with E-state index in [1.807, 2.05) is 0 Å². The molecule has 3 rings (SSSR count). The van der Waals surface area contributed by atoms with Crippen LogP contribution in [0.1, 0.15) is 64.5 Å². The lowest BCUT2D eigenvalue weighted by molar-refractivity contribution is -0.217. The lowest BCUT2D eigenvalue weighted by Crippen LogP contribution is -2.52. The minimum absolute atomic E-state index is 0.0227. The first-order chi connectivity index (χ1) is 15.8. The van der Waals surface area contributed by atoms with Crippen molar-refractivity contribution in [3.05, 3.63) is 12.7 Å². The normalized spacial score (nSPS) is 27.0. The molecule has 1 aliphatic heterocycles. The molecule has 33 heavy (non-hydrogen) atoms. The van der Waals surface area contributed by atoms with Crippen molar-refractivity contribution in [2.24, 2.45) is 0 Å². The van der Waals surface area contributed by atoms with Crippen molar-refractivity contribution in [2.75, 3.05) is 12.3 Å². The van der Waals surface area contributed by atoms with E-state index >= 15 is 4.39 Å². The van der Waals surface area contributed by atoms with Gasteiger partial charge >= 0.3 is 5.97 Å². The van der Waals surface area contributed by atoms with E-state index in [2.05, 4.69) is 27.8 Å². The number of nitrogen functional groups attached to an aromatic ring is 1. The summed E-state index contributed by atoms with van der Waals surface area (Å²) in [4.78, 5) is 24.4.